The predicted octanol–water partition coefficient (Wildman–Crippen LogP) is 1.49. The van der Waals surface area contributed by atoms with Crippen LogP contribution in [0.15, 0.2) is 4.52 Å². The molecule has 1 atom stereocenters. The van der Waals surface area contributed by atoms with Gasteiger partial charge in [-0.15, -0.1) is 0 Å². The minimum atomic E-state index is 0.259. The standard InChI is InChI=1S/C15H25N3O3/c1-2-9-19-13(3-1)11-14-17-15(21-18-14)6-10-20-12-4-7-16-8-5-12/h12-13,16H,1-11H2. The summed E-state index contributed by atoms with van der Waals surface area (Å²) in [5.41, 5.74) is 0. The zero-order valence-electron chi connectivity index (χ0n) is 12.6. The van der Waals surface area contributed by atoms with Crippen LogP contribution in [0.25, 0.3) is 0 Å². The molecular weight excluding hydrogens is 270 g/mol. The fourth-order valence-electron chi connectivity index (χ4n) is 2.92. The maximum atomic E-state index is 5.85. The van der Waals surface area contributed by atoms with E-state index in [1.54, 1.807) is 0 Å². The lowest BCUT2D eigenvalue weighted by molar-refractivity contribution is 0.0153. The third kappa shape index (κ3) is 4.76. The Morgan fingerprint density at radius 1 is 1.19 bits per heavy atom. The quantitative estimate of drug-likeness (QED) is 0.857. The van der Waals surface area contributed by atoms with Crippen molar-refractivity contribution in [1.82, 2.24) is 15.5 Å². The fourth-order valence-corrected chi connectivity index (χ4v) is 2.92. The highest BCUT2D eigenvalue weighted by molar-refractivity contribution is 4.89. The highest BCUT2D eigenvalue weighted by atomic mass is 16.5. The van der Waals surface area contributed by atoms with Crippen LogP contribution in [0.3, 0.4) is 0 Å². The average molecular weight is 295 g/mol. The summed E-state index contributed by atoms with van der Waals surface area (Å²) in [5.74, 6) is 1.44. The molecule has 0 bridgehead atoms. The average Bonchev–Trinajstić information content (AvgIpc) is 2.97. The van der Waals surface area contributed by atoms with Crippen LogP contribution < -0.4 is 5.32 Å². The third-order valence-electron chi connectivity index (χ3n) is 4.15. The molecule has 0 amide bonds. The molecule has 118 valence electrons. The van der Waals surface area contributed by atoms with Gasteiger partial charge >= 0.3 is 0 Å². The molecular formula is C15H25N3O3. The van der Waals surface area contributed by atoms with Crippen LogP contribution in [0, 0.1) is 0 Å². The lowest BCUT2D eigenvalue weighted by Crippen LogP contribution is -2.32. The number of piperidine rings is 1. The normalized spacial score (nSPS) is 24.3. The first kappa shape index (κ1) is 14.9. The number of ether oxygens (including phenoxy) is 2. The topological polar surface area (TPSA) is 69.4 Å². The van der Waals surface area contributed by atoms with E-state index in [4.69, 9.17) is 14.0 Å². The zero-order valence-corrected chi connectivity index (χ0v) is 12.6. The molecule has 2 saturated heterocycles. The van der Waals surface area contributed by atoms with Crippen molar-refractivity contribution in [2.24, 2.45) is 0 Å². The van der Waals surface area contributed by atoms with Gasteiger partial charge < -0.3 is 19.3 Å². The van der Waals surface area contributed by atoms with E-state index < -0.39 is 0 Å². The van der Waals surface area contributed by atoms with Crippen LogP contribution in [0.4, 0.5) is 0 Å². The Kier molecular flexibility index (Phi) is 5.60. The lowest BCUT2D eigenvalue weighted by atomic mass is 10.1. The van der Waals surface area contributed by atoms with Crippen molar-refractivity contribution in [1.29, 1.82) is 0 Å². The van der Waals surface area contributed by atoms with Gasteiger partial charge in [-0.2, -0.15) is 4.98 Å². The second-order valence-corrected chi connectivity index (χ2v) is 5.87. The summed E-state index contributed by atoms with van der Waals surface area (Å²) in [7, 11) is 0. The highest BCUT2D eigenvalue weighted by Crippen LogP contribution is 2.16. The lowest BCUT2D eigenvalue weighted by Gasteiger charge is -2.22. The summed E-state index contributed by atoms with van der Waals surface area (Å²) in [5, 5.41) is 7.38. The van der Waals surface area contributed by atoms with Crippen LogP contribution in [0.1, 0.15) is 43.8 Å². The monoisotopic (exact) mass is 295 g/mol. The molecule has 21 heavy (non-hydrogen) atoms. The van der Waals surface area contributed by atoms with Crippen molar-refractivity contribution in [3.05, 3.63) is 11.7 Å². The minimum Gasteiger partial charge on any atom is -0.378 e. The fraction of sp³-hybridized carbons (Fsp3) is 0.867. The van der Waals surface area contributed by atoms with Crippen molar-refractivity contribution in [2.75, 3.05) is 26.3 Å². The van der Waals surface area contributed by atoms with E-state index in [0.717, 1.165) is 51.2 Å². The van der Waals surface area contributed by atoms with E-state index in [0.29, 0.717) is 25.0 Å². The van der Waals surface area contributed by atoms with E-state index in [-0.39, 0.29) is 6.10 Å². The number of hydrogen-bond donors (Lipinski definition) is 1. The summed E-state index contributed by atoms with van der Waals surface area (Å²) >= 11 is 0. The molecule has 0 aliphatic carbocycles. The maximum absolute atomic E-state index is 5.85. The van der Waals surface area contributed by atoms with Crippen LogP contribution in [0.5, 0.6) is 0 Å². The number of nitrogens with zero attached hydrogens (tertiary/aromatic N) is 2. The summed E-state index contributed by atoms with van der Waals surface area (Å²) in [6.45, 7) is 3.62. The van der Waals surface area contributed by atoms with Crippen LogP contribution in [0.2, 0.25) is 0 Å². The van der Waals surface area contributed by atoms with Crippen LogP contribution >= 0.6 is 0 Å². The van der Waals surface area contributed by atoms with Crippen molar-refractivity contribution in [3.63, 3.8) is 0 Å². The van der Waals surface area contributed by atoms with E-state index >= 15 is 0 Å². The zero-order chi connectivity index (χ0) is 14.3. The molecule has 0 radical (unpaired) electrons. The van der Waals surface area contributed by atoms with Crippen molar-refractivity contribution in [3.8, 4) is 0 Å². The van der Waals surface area contributed by atoms with E-state index in [9.17, 15) is 0 Å². The first-order valence-corrected chi connectivity index (χ1v) is 8.15. The van der Waals surface area contributed by atoms with Gasteiger partial charge in [-0.1, -0.05) is 5.16 Å². The second kappa shape index (κ2) is 7.87. The summed E-state index contributed by atoms with van der Waals surface area (Å²) in [6, 6.07) is 0. The Labute approximate surface area is 125 Å². The summed E-state index contributed by atoms with van der Waals surface area (Å²) in [6.07, 6.45) is 7.78. The Balaban J connectivity index is 1.37. The van der Waals surface area contributed by atoms with E-state index in [1.807, 2.05) is 0 Å². The molecule has 0 spiro atoms. The van der Waals surface area contributed by atoms with E-state index in [2.05, 4.69) is 15.5 Å². The molecule has 1 aromatic heterocycles. The summed E-state index contributed by atoms with van der Waals surface area (Å²) < 4.78 is 16.8. The molecule has 1 aromatic rings. The van der Waals surface area contributed by atoms with Gasteiger partial charge in [0.25, 0.3) is 0 Å². The number of hydrogen-bond acceptors (Lipinski definition) is 6. The molecule has 2 fully saturated rings. The first-order valence-electron chi connectivity index (χ1n) is 8.15. The highest BCUT2D eigenvalue weighted by Gasteiger charge is 2.18. The van der Waals surface area contributed by atoms with Crippen molar-refractivity contribution < 1.29 is 14.0 Å². The minimum absolute atomic E-state index is 0.259. The number of nitrogens with one attached hydrogen (secondary N) is 1. The first-order chi connectivity index (χ1) is 10.4. The molecule has 2 aliphatic heterocycles. The Hall–Kier alpha value is -0.980. The molecule has 1 unspecified atom stereocenters. The molecule has 3 rings (SSSR count). The predicted molar refractivity (Wildman–Crippen MR) is 77.1 cm³/mol. The molecule has 6 nitrogen and oxygen atoms in total. The molecule has 1 N–H and O–H groups in total. The van der Waals surface area contributed by atoms with Gasteiger partial charge in [0, 0.05) is 13.0 Å². The Morgan fingerprint density at radius 3 is 2.90 bits per heavy atom. The van der Waals surface area contributed by atoms with Gasteiger partial charge in [-0.3, -0.25) is 0 Å². The van der Waals surface area contributed by atoms with Gasteiger partial charge in [0.15, 0.2) is 5.82 Å². The number of aromatic nitrogens is 2. The van der Waals surface area contributed by atoms with Crippen LogP contribution in [-0.4, -0.2) is 48.7 Å². The molecule has 3 heterocycles. The summed E-state index contributed by atoms with van der Waals surface area (Å²) in [4.78, 5) is 4.44. The number of rotatable bonds is 6. The largest absolute Gasteiger partial charge is 0.378 e. The van der Waals surface area contributed by atoms with Gasteiger partial charge in [0.05, 0.1) is 25.2 Å². The molecule has 0 aromatic carbocycles. The maximum Gasteiger partial charge on any atom is 0.228 e. The van der Waals surface area contributed by atoms with Crippen LogP contribution in [-0.2, 0) is 22.3 Å². The Morgan fingerprint density at radius 2 is 2.10 bits per heavy atom. The van der Waals surface area contributed by atoms with Crippen molar-refractivity contribution >= 4 is 0 Å². The van der Waals surface area contributed by atoms with E-state index in [1.165, 1.54) is 12.8 Å². The Bertz CT molecular complexity index is 412. The van der Waals surface area contributed by atoms with Gasteiger partial charge in [0.1, 0.15) is 0 Å². The molecule has 0 saturated carbocycles. The SMILES string of the molecule is C1CCC(Cc2noc(CCOC3CCNCC3)n2)OC1. The smallest absolute Gasteiger partial charge is 0.228 e. The third-order valence-corrected chi connectivity index (χ3v) is 4.15. The van der Waals surface area contributed by atoms with Gasteiger partial charge in [-0.25, -0.2) is 0 Å². The van der Waals surface area contributed by atoms with Gasteiger partial charge in [-0.05, 0) is 45.2 Å². The second-order valence-electron chi connectivity index (χ2n) is 5.87. The molecule has 6 heteroatoms. The van der Waals surface area contributed by atoms with Crippen molar-refractivity contribution in [2.45, 2.75) is 57.2 Å². The van der Waals surface area contributed by atoms with Gasteiger partial charge in [0.2, 0.25) is 5.89 Å². The molecule has 2 aliphatic rings.